The van der Waals surface area contributed by atoms with Gasteiger partial charge in [-0.3, -0.25) is 0 Å². The highest BCUT2D eigenvalue weighted by atomic mass is 15.1. The molecule has 0 fully saturated rings. The molecular formula is C57H37N5. The van der Waals surface area contributed by atoms with Crippen molar-refractivity contribution in [2.45, 2.75) is 0 Å². The summed E-state index contributed by atoms with van der Waals surface area (Å²) >= 11 is 0. The van der Waals surface area contributed by atoms with Crippen molar-refractivity contribution in [3.05, 3.63) is 224 Å². The first kappa shape index (κ1) is 35.5. The van der Waals surface area contributed by atoms with Crippen LogP contribution in [0.4, 0.5) is 0 Å². The van der Waals surface area contributed by atoms with Crippen LogP contribution in [0, 0.1) is 0 Å². The van der Waals surface area contributed by atoms with Crippen molar-refractivity contribution in [1.82, 2.24) is 24.1 Å². The molecule has 0 bridgehead atoms. The zero-order valence-corrected chi connectivity index (χ0v) is 33.6. The molecule has 0 N–H and O–H groups in total. The maximum atomic E-state index is 5.21. The Morgan fingerprint density at radius 1 is 0.242 bits per heavy atom. The largest absolute Gasteiger partial charge is 0.307 e. The van der Waals surface area contributed by atoms with Crippen molar-refractivity contribution in [3.8, 4) is 67.8 Å². The second-order valence-electron chi connectivity index (χ2n) is 15.6. The molecule has 12 rings (SSSR count). The highest BCUT2D eigenvalue weighted by Crippen LogP contribution is 2.42. The highest BCUT2D eigenvalue weighted by Gasteiger charge is 2.22. The van der Waals surface area contributed by atoms with Gasteiger partial charge in [-0.25, -0.2) is 15.0 Å². The molecule has 5 heteroatoms. The van der Waals surface area contributed by atoms with E-state index in [0.29, 0.717) is 17.5 Å². The van der Waals surface area contributed by atoms with Crippen molar-refractivity contribution in [1.29, 1.82) is 0 Å². The minimum absolute atomic E-state index is 0.611. The predicted octanol–water partition coefficient (Wildman–Crippen LogP) is 14.4. The van der Waals surface area contributed by atoms with E-state index in [-0.39, 0.29) is 0 Å². The molecule has 290 valence electrons. The molecule has 0 atom stereocenters. The molecule has 0 spiro atoms. The lowest BCUT2D eigenvalue weighted by Crippen LogP contribution is -2.02. The maximum absolute atomic E-state index is 5.21. The van der Waals surface area contributed by atoms with Crippen LogP contribution in [0.3, 0.4) is 0 Å². The fraction of sp³-hybridized carbons (Fsp3) is 0. The lowest BCUT2D eigenvalue weighted by Gasteiger charge is -2.14. The van der Waals surface area contributed by atoms with E-state index in [1.54, 1.807) is 0 Å². The number of hydrogen-bond acceptors (Lipinski definition) is 3. The van der Waals surface area contributed by atoms with Crippen molar-refractivity contribution < 1.29 is 0 Å². The average molecular weight is 792 g/mol. The molecule has 3 heterocycles. The quantitative estimate of drug-likeness (QED) is 0.162. The second-order valence-corrected chi connectivity index (χ2v) is 15.6. The molecule has 3 aromatic heterocycles. The molecule has 0 radical (unpaired) electrons. The van der Waals surface area contributed by atoms with Crippen LogP contribution < -0.4 is 0 Å². The van der Waals surface area contributed by atoms with Gasteiger partial charge < -0.3 is 9.13 Å². The first-order valence-electron chi connectivity index (χ1n) is 20.9. The molecule has 62 heavy (non-hydrogen) atoms. The Kier molecular flexibility index (Phi) is 8.42. The lowest BCUT2D eigenvalue weighted by molar-refractivity contribution is 1.07. The summed E-state index contributed by atoms with van der Waals surface area (Å²) in [5.74, 6) is 1.86. The maximum Gasteiger partial charge on any atom is 0.164 e. The fourth-order valence-corrected chi connectivity index (χ4v) is 9.07. The van der Waals surface area contributed by atoms with Crippen molar-refractivity contribution in [3.63, 3.8) is 0 Å². The van der Waals surface area contributed by atoms with Crippen molar-refractivity contribution in [2.75, 3.05) is 0 Å². The van der Waals surface area contributed by atoms with Gasteiger partial charge in [0.1, 0.15) is 0 Å². The Bertz CT molecular complexity index is 3610. The van der Waals surface area contributed by atoms with E-state index < -0.39 is 0 Å². The zero-order valence-electron chi connectivity index (χ0n) is 33.6. The molecule has 0 amide bonds. The van der Waals surface area contributed by atoms with Crippen LogP contribution in [-0.4, -0.2) is 24.1 Å². The number of aromatic nitrogens is 5. The normalized spacial score (nSPS) is 11.5. The zero-order chi connectivity index (χ0) is 41.0. The smallest absolute Gasteiger partial charge is 0.164 e. The summed E-state index contributed by atoms with van der Waals surface area (Å²) < 4.78 is 4.86. The molecule has 0 saturated carbocycles. The Balaban J connectivity index is 1.08. The first-order valence-corrected chi connectivity index (χ1v) is 20.9. The van der Waals surface area contributed by atoms with E-state index >= 15 is 0 Å². The number of fused-ring (bicyclic) bond motifs is 7. The Morgan fingerprint density at radius 3 is 1.23 bits per heavy atom. The van der Waals surface area contributed by atoms with E-state index in [9.17, 15) is 0 Å². The number of nitrogens with zero attached hydrogens (tertiary/aromatic N) is 5. The van der Waals surface area contributed by atoms with Crippen LogP contribution in [0.5, 0.6) is 0 Å². The molecule has 0 aliphatic heterocycles. The second kappa shape index (κ2) is 14.7. The average Bonchev–Trinajstić information content (AvgIpc) is 3.88. The molecule has 12 aromatic rings. The van der Waals surface area contributed by atoms with Gasteiger partial charge in [0, 0.05) is 49.6 Å². The SMILES string of the molecule is c1ccc(-c2ccc(-n3c4ccccc4c4ccc5c6ccccc6n(-c6cccc(-c7nc(-c8ccccc8)nc(-c8cccc(-c9ccccc9)c8)n7)c6)c5c43)cc2)cc1. The molecule has 5 nitrogen and oxygen atoms in total. The van der Waals surface area contributed by atoms with Gasteiger partial charge in [-0.1, -0.05) is 182 Å². The predicted molar refractivity (Wildman–Crippen MR) is 256 cm³/mol. The van der Waals surface area contributed by atoms with Gasteiger partial charge in [0.25, 0.3) is 0 Å². The van der Waals surface area contributed by atoms with Gasteiger partial charge >= 0.3 is 0 Å². The van der Waals surface area contributed by atoms with E-state index in [1.807, 2.05) is 24.3 Å². The minimum atomic E-state index is 0.611. The Hall–Kier alpha value is -8.41. The van der Waals surface area contributed by atoms with Crippen LogP contribution in [0.1, 0.15) is 0 Å². The van der Waals surface area contributed by atoms with E-state index in [0.717, 1.165) is 61.3 Å². The molecular weight excluding hydrogens is 755 g/mol. The summed E-state index contributed by atoms with van der Waals surface area (Å²) in [7, 11) is 0. The summed E-state index contributed by atoms with van der Waals surface area (Å²) in [6.45, 7) is 0. The third-order valence-electron chi connectivity index (χ3n) is 12.0. The minimum Gasteiger partial charge on any atom is -0.307 e. The molecule has 9 aromatic carbocycles. The lowest BCUT2D eigenvalue weighted by atomic mass is 10.0. The Morgan fingerprint density at radius 2 is 0.645 bits per heavy atom. The first-order chi connectivity index (χ1) is 30.7. The summed E-state index contributed by atoms with van der Waals surface area (Å²) in [6, 6.07) is 79.3. The third kappa shape index (κ3) is 5.98. The van der Waals surface area contributed by atoms with Gasteiger partial charge in [0.15, 0.2) is 17.5 Å². The third-order valence-corrected chi connectivity index (χ3v) is 12.0. The van der Waals surface area contributed by atoms with Crippen LogP contribution in [0.15, 0.2) is 224 Å². The number of para-hydroxylation sites is 2. The summed E-state index contributed by atoms with van der Waals surface area (Å²) in [5.41, 5.74) is 14.1. The van der Waals surface area contributed by atoms with Gasteiger partial charge in [-0.15, -0.1) is 0 Å². The van der Waals surface area contributed by atoms with Gasteiger partial charge in [-0.05, 0) is 64.7 Å². The van der Waals surface area contributed by atoms with E-state index in [4.69, 9.17) is 15.0 Å². The highest BCUT2D eigenvalue weighted by molar-refractivity contribution is 6.23. The van der Waals surface area contributed by atoms with Crippen molar-refractivity contribution in [2.24, 2.45) is 0 Å². The molecule has 0 aliphatic carbocycles. The van der Waals surface area contributed by atoms with E-state index in [1.165, 1.54) is 32.7 Å². The summed E-state index contributed by atoms with van der Waals surface area (Å²) in [6.07, 6.45) is 0. The van der Waals surface area contributed by atoms with Crippen LogP contribution in [-0.2, 0) is 0 Å². The number of benzene rings is 9. The topological polar surface area (TPSA) is 48.5 Å². The molecule has 0 saturated heterocycles. The molecule has 0 aliphatic rings. The van der Waals surface area contributed by atoms with Crippen LogP contribution in [0.2, 0.25) is 0 Å². The monoisotopic (exact) mass is 791 g/mol. The van der Waals surface area contributed by atoms with Crippen LogP contribution >= 0.6 is 0 Å². The van der Waals surface area contributed by atoms with Crippen LogP contribution in [0.25, 0.3) is 111 Å². The van der Waals surface area contributed by atoms with E-state index in [2.05, 4.69) is 209 Å². The van der Waals surface area contributed by atoms with Crippen molar-refractivity contribution >= 4 is 43.6 Å². The molecule has 0 unspecified atom stereocenters. The number of rotatable bonds is 7. The number of hydrogen-bond donors (Lipinski definition) is 0. The van der Waals surface area contributed by atoms with Gasteiger partial charge in [0.2, 0.25) is 0 Å². The standard InChI is InChI=1S/C57H37N5/c1-4-16-38(17-5-1)40-30-32-45(33-31-40)61-51-28-12-10-26-47(51)49-34-35-50-48-27-11-13-29-52(48)62(54(50)53(49)61)46-25-15-24-44(37-46)57-59-55(41-20-8-3-9-21-41)58-56(60-57)43-23-14-22-42(36-43)39-18-6-2-7-19-39/h1-37H. The van der Waals surface area contributed by atoms with Gasteiger partial charge in [0.05, 0.1) is 22.1 Å². The van der Waals surface area contributed by atoms with Gasteiger partial charge in [-0.2, -0.15) is 0 Å². The summed E-state index contributed by atoms with van der Waals surface area (Å²) in [5, 5.41) is 4.80. The Labute approximate surface area is 358 Å². The summed E-state index contributed by atoms with van der Waals surface area (Å²) in [4.78, 5) is 15.4. The fourth-order valence-electron chi connectivity index (χ4n) is 9.07.